The lowest BCUT2D eigenvalue weighted by molar-refractivity contribution is -0.294. The SMILES string of the molecule is CCC(C)CCC(=O)CCC1(CCC(c2ccc(OC)cc2)(c2ccc(OC)cc2)c2ccc(OC)cc2)CCC(C(=O)CCCCCOC(=O)CCCCCOC(=O)CCCCO[C@H]2O[C@H](COC(C)=O)[C@H](OC(C)=O)[C@H](OC(C)=O)[C@H]2CC(C)C)CC1. The van der Waals surface area contributed by atoms with E-state index in [1.807, 2.05) is 50.2 Å². The van der Waals surface area contributed by atoms with Crippen molar-refractivity contribution in [2.45, 2.75) is 226 Å². The highest BCUT2D eigenvalue weighted by Crippen LogP contribution is 2.52. The number of methoxy groups -OCH3 is 3. The van der Waals surface area contributed by atoms with Crippen molar-refractivity contribution in [3.8, 4) is 17.2 Å². The van der Waals surface area contributed by atoms with Crippen LogP contribution in [0.15, 0.2) is 72.8 Å². The Morgan fingerprint density at radius 1 is 0.562 bits per heavy atom. The Balaban J connectivity index is 1.03. The van der Waals surface area contributed by atoms with E-state index in [-0.39, 0.29) is 61.9 Å². The molecule has 89 heavy (non-hydrogen) atoms. The van der Waals surface area contributed by atoms with E-state index < -0.39 is 53.8 Å². The maximum Gasteiger partial charge on any atom is 0.305 e. The first-order valence-corrected chi connectivity index (χ1v) is 32.8. The summed E-state index contributed by atoms with van der Waals surface area (Å²) in [5.41, 5.74) is 2.70. The van der Waals surface area contributed by atoms with Crippen LogP contribution < -0.4 is 14.2 Å². The van der Waals surface area contributed by atoms with Crippen LogP contribution in [0.1, 0.15) is 213 Å². The van der Waals surface area contributed by atoms with Crippen LogP contribution in [0.25, 0.3) is 0 Å². The van der Waals surface area contributed by atoms with E-state index in [1.165, 1.54) is 20.8 Å². The maximum absolute atomic E-state index is 13.9. The van der Waals surface area contributed by atoms with Crippen molar-refractivity contribution in [3.63, 3.8) is 0 Å². The van der Waals surface area contributed by atoms with E-state index in [0.29, 0.717) is 88.3 Å². The van der Waals surface area contributed by atoms with Gasteiger partial charge in [0.1, 0.15) is 47.6 Å². The molecule has 0 aromatic heterocycles. The van der Waals surface area contributed by atoms with Gasteiger partial charge >= 0.3 is 29.8 Å². The monoisotopic (exact) mass is 1240 g/mol. The van der Waals surface area contributed by atoms with Gasteiger partial charge in [-0.2, -0.15) is 0 Å². The largest absolute Gasteiger partial charge is 0.497 e. The van der Waals surface area contributed by atoms with Crippen LogP contribution in [0.2, 0.25) is 0 Å². The molecule has 2 aliphatic rings. The second kappa shape index (κ2) is 38.4. The van der Waals surface area contributed by atoms with Gasteiger partial charge < -0.3 is 47.4 Å². The number of rotatable bonds is 41. The second-order valence-electron chi connectivity index (χ2n) is 25.1. The summed E-state index contributed by atoms with van der Waals surface area (Å²) in [5.74, 6) is 0.765. The molecule has 17 heteroatoms. The zero-order valence-electron chi connectivity index (χ0n) is 55.1. The first-order valence-electron chi connectivity index (χ1n) is 32.8. The van der Waals surface area contributed by atoms with Gasteiger partial charge in [-0.3, -0.25) is 33.6 Å². The van der Waals surface area contributed by atoms with Gasteiger partial charge in [-0.1, -0.05) is 70.5 Å². The van der Waals surface area contributed by atoms with Crippen molar-refractivity contribution in [2.24, 2.45) is 29.1 Å². The van der Waals surface area contributed by atoms with E-state index in [9.17, 15) is 33.6 Å². The topological polar surface area (TPSA) is 212 Å². The number of carbonyl (C=O) groups excluding carboxylic acids is 7. The summed E-state index contributed by atoms with van der Waals surface area (Å²) in [7, 11) is 5.04. The van der Waals surface area contributed by atoms with Crippen molar-refractivity contribution in [3.05, 3.63) is 89.5 Å². The predicted molar refractivity (Wildman–Crippen MR) is 338 cm³/mol. The summed E-state index contributed by atoms with van der Waals surface area (Å²) in [6.07, 6.45) is 11.7. The van der Waals surface area contributed by atoms with E-state index in [1.54, 1.807) is 21.3 Å². The molecule has 1 saturated heterocycles. The van der Waals surface area contributed by atoms with Crippen LogP contribution in [0, 0.1) is 29.1 Å². The van der Waals surface area contributed by atoms with Crippen LogP contribution >= 0.6 is 0 Å². The summed E-state index contributed by atoms with van der Waals surface area (Å²) in [4.78, 5) is 88.6. The molecule has 0 amide bonds. The summed E-state index contributed by atoms with van der Waals surface area (Å²) in [6.45, 7) is 12.7. The Morgan fingerprint density at radius 3 is 1.52 bits per heavy atom. The fraction of sp³-hybridized carbons (Fsp3) is 0.653. The molecule has 2 fully saturated rings. The van der Waals surface area contributed by atoms with Gasteiger partial charge in [0.15, 0.2) is 12.4 Å². The highest BCUT2D eigenvalue weighted by Gasteiger charge is 2.51. The zero-order chi connectivity index (χ0) is 64.8. The summed E-state index contributed by atoms with van der Waals surface area (Å²) < 4.78 is 56.7. The highest BCUT2D eigenvalue weighted by atomic mass is 16.7. The smallest absolute Gasteiger partial charge is 0.305 e. The van der Waals surface area contributed by atoms with Crippen LogP contribution in [-0.4, -0.2) is 114 Å². The Hall–Kier alpha value is -6.33. The van der Waals surface area contributed by atoms with E-state index >= 15 is 0 Å². The predicted octanol–water partition coefficient (Wildman–Crippen LogP) is 14.0. The van der Waals surface area contributed by atoms with Crippen molar-refractivity contribution >= 4 is 41.4 Å². The molecular weight excluding hydrogens is 1140 g/mol. The maximum atomic E-state index is 13.9. The lowest BCUT2D eigenvalue weighted by Crippen LogP contribution is -2.59. The molecule has 0 spiro atoms. The lowest BCUT2D eigenvalue weighted by Gasteiger charge is -2.45. The third-order valence-electron chi connectivity index (χ3n) is 18.1. The van der Waals surface area contributed by atoms with Crippen LogP contribution in [0.3, 0.4) is 0 Å². The number of Topliss-reactive ketones (excluding diaryl/α,β-unsaturated/α-hetero) is 2. The number of ketones is 2. The second-order valence-corrected chi connectivity index (χ2v) is 25.1. The quantitative estimate of drug-likeness (QED) is 0.0224. The molecule has 0 N–H and O–H groups in total. The Bertz CT molecular complexity index is 2510. The summed E-state index contributed by atoms with van der Waals surface area (Å²) in [6, 6.07) is 25.1. The Morgan fingerprint density at radius 2 is 1.04 bits per heavy atom. The van der Waals surface area contributed by atoms with Gasteiger partial charge in [0.05, 0.1) is 40.5 Å². The molecule has 0 bridgehead atoms. The lowest BCUT2D eigenvalue weighted by atomic mass is 9.59. The molecular formula is C72H104O17. The molecule has 3 aromatic rings. The fourth-order valence-corrected chi connectivity index (χ4v) is 12.7. The fourth-order valence-electron chi connectivity index (χ4n) is 12.7. The van der Waals surface area contributed by atoms with Crippen LogP contribution in [0.4, 0.5) is 0 Å². The molecule has 0 radical (unpaired) electrons. The molecule has 1 heterocycles. The molecule has 1 aliphatic heterocycles. The molecule has 1 aliphatic carbocycles. The van der Waals surface area contributed by atoms with Crippen LogP contribution in [-0.2, 0) is 72.1 Å². The molecule has 1 saturated carbocycles. The van der Waals surface area contributed by atoms with Gasteiger partial charge in [-0.05, 0) is 179 Å². The molecule has 1 unspecified atom stereocenters. The van der Waals surface area contributed by atoms with Crippen molar-refractivity contribution in [1.29, 1.82) is 0 Å². The number of unbranched alkanes of at least 4 members (excludes halogenated alkanes) is 5. The highest BCUT2D eigenvalue weighted by molar-refractivity contribution is 5.81. The number of esters is 5. The van der Waals surface area contributed by atoms with Crippen LogP contribution in [0.5, 0.6) is 17.2 Å². The van der Waals surface area contributed by atoms with Gasteiger partial charge in [0.25, 0.3) is 0 Å². The minimum absolute atomic E-state index is 0.0219. The zero-order valence-corrected chi connectivity index (χ0v) is 55.1. The molecule has 3 aromatic carbocycles. The third kappa shape index (κ3) is 24.1. The molecule has 6 atom stereocenters. The van der Waals surface area contributed by atoms with E-state index in [0.717, 1.165) is 105 Å². The minimum atomic E-state index is -1.02. The Labute approximate surface area is 530 Å². The normalized spacial score (nSPS) is 20.4. The standard InChI is InChI=1S/C72H104O17/c1-11-51(4)23-30-59(76)39-42-71(43-44-72(56-24-31-60(80-8)32-25-56,57-26-33-61(81-9)34-27-57)58-28-35-62(82-10)36-29-58)40-37-55(38-41-71)64(77)20-14-12-17-45-83-66(78)21-15-13-18-46-84-67(79)22-16-19-47-85-70-63(48-50(2)3)68(87-53(6)74)69(88-54(7)75)65(89-70)49-86-52(5)73/h24-29,31-36,50-51,55,63,65,68-70H,11-23,30,37-49H2,1-10H3/t51?,55?,63-,65-,68-,69+,70+,71?/m1/s1. The molecule has 17 nitrogen and oxygen atoms in total. The molecule has 494 valence electrons. The third-order valence-corrected chi connectivity index (χ3v) is 18.1. The molecule has 5 rings (SSSR count). The number of ether oxygens (including phenoxy) is 10. The van der Waals surface area contributed by atoms with Crippen molar-refractivity contribution in [2.75, 3.05) is 47.8 Å². The number of hydrogen-bond donors (Lipinski definition) is 0. The first kappa shape index (κ1) is 73.4. The van der Waals surface area contributed by atoms with E-state index in [2.05, 4.69) is 50.2 Å². The Kier molecular flexibility index (Phi) is 31.7. The van der Waals surface area contributed by atoms with Crippen molar-refractivity contribution < 1.29 is 80.9 Å². The summed E-state index contributed by atoms with van der Waals surface area (Å²) >= 11 is 0. The number of benzene rings is 3. The summed E-state index contributed by atoms with van der Waals surface area (Å²) in [5, 5.41) is 0. The minimum Gasteiger partial charge on any atom is -0.497 e. The average Bonchev–Trinajstić information content (AvgIpc) is 0.861. The number of carbonyl (C=O) groups is 7. The van der Waals surface area contributed by atoms with Gasteiger partial charge in [-0.15, -0.1) is 0 Å². The number of hydrogen-bond acceptors (Lipinski definition) is 17. The van der Waals surface area contributed by atoms with E-state index in [4.69, 9.17) is 47.4 Å². The first-order chi connectivity index (χ1) is 42.7. The van der Waals surface area contributed by atoms with Gasteiger partial charge in [0, 0.05) is 70.8 Å². The van der Waals surface area contributed by atoms with Gasteiger partial charge in [-0.25, -0.2) is 0 Å². The van der Waals surface area contributed by atoms with Gasteiger partial charge in [0.2, 0.25) is 0 Å². The van der Waals surface area contributed by atoms with Crippen molar-refractivity contribution in [1.82, 2.24) is 0 Å². The average molecular weight is 1240 g/mol.